The number of β-amino-alcohol motifs (C(OH)–C–C–N with tert-alkyl or cyclic N) is 1. The monoisotopic (exact) mass is 483 g/mol. The van der Waals surface area contributed by atoms with Crippen LogP contribution in [0.4, 0.5) is 10.2 Å². The Morgan fingerprint density at radius 2 is 2.09 bits per heavy atom. The number of nitrogens with zero attached hydrogens (tertiary/aromatic N) is 6. The summed E-state index contributed by atoms with van der Waals surface area (Å²) >= 11 is 6.17. The lowest BCUT2D eigenvalue weighted by Crippen LogP contribution is -2.55. The van der Waals surface area contributed by atoms with Gasteiger partial charge in [-0.1, -0.05) is 23.7 Å². The van der Waals surface area contributed by atoms with Crippen molar-refractivity contribution in [2.45, 2.75) is 12.2 Å². The third kappa shape index (κ3) is 4.53. The molecule has 4 aromatic rings. The molecule has 2 N–H and O–H groups in total. The van der Waals surface area contributed by atoms with Crippen molar-refractivity contribution in [2.75, 3.05) is 25.0 Å². The molecule has 3 aromatic heterocycles. The summed E-state index contributed by atoms with van der Waals surface area (Å²) in [5.41, 5.74) is 0.305. The van der Waals surface area contributed by atoms with Crippen LogP contribution in [0, 0.1) is 5.82 Å². The van der Waals surface area contributed by atoms with Crippen LogP contribution in [0.15, 0.2) is 55.1 Å². The zero-order valence-corrected chi connectivity index (χ0v) is 18.4. The predicted octanol–water partition coefficient (Wildman–Crippen LogP) is 2.07. The molecule has 10 nitrogen and oxygen atoms in total. The minimum Gasteiger partial charge on any atom is -0.462 e. The van der Waals surface area contributed by atoms with Crippen LogP contribution in [0.5, 0.6) is 5.88 Å². The molecule has 1 amide bonds. The number of rotatable bonds is 7. The van der Waals surface area contributed by atoms with Crippen molar-refractivity contribution in [3.05, 3.63) is 66.0 Å². The van der Waals surface area contributed by atoms with E-state index < -0.39 is 23.9 Å². The van der Waals surface area contributed by atoms with Crippen molar-refractivity contribution >= 4 is 34.4 Å². The summed E-state index contributed by atoms with van der Waals surface area (Å²) in [5, 5.41) is 17.2. The van der Waals surface area contributed by atoms with Crippen molar-refractivity contribution in [1.82, 2.24) is 29.6 Å². The van der Waals surface area contributed by atoms with Crippen molar-refractivity contribution in [3.8, 4) is 11.6 Å². The molecule has 0 saturated carbocycles. The molecule has 0 radical (unpaired) electrons. The zero-order valence-electron chi connectivity index (χ0n) is 17.7. The average Bonchev–Trinajstić information content (AvgIpc) is 3.22. The smallest absolute Gasteiger partial charge is 0.268 e. The summed E-state index contributed by atoms with van der Waals surface area (Å²) in [6, 6.07) is 9.47. The molecule has 1 aliphatic heterocycles. The lowest BCUT2D eigenvalue weighted by molar-refractivity contribution is -0.125. The van der Waals surface area contributed by atoms with E-state index in [9.17, 15) is 14.3 Å². The fourth-order valence-electron chi connectivity index (χ4n) is 3.61. The molecule has 34 heavy (non-hydrogen) atoms. The highest BCUT2D eigenvalue weighted by molar-refractivity contribution is 6.32. The van der Waals surface area contributed by atoms with Crippen molar-refractivity contribution < 1.29 is 19.0 Å². The number of hydrogen-bond donors (Lipinski definition) is 2. The molecular formula is C22H19ClFN7O3. The predicted molar refractivity (Wildman–Crippen MR) is 121 cm³/mol. The summed E-state index contributed by atoms with van der Waals surface area (Å²) in [4.78, 5) is 27.3. The number of nitrogens with one attached hydrogen (secondary N) is 1. The number of carbonyl (C=O) groups is 1. The quantitative estimate of drug-likeness (QED) is 0.410. The van der Waals surface area contributed by atoms with E-state index in [0.29, 0.717) is 24.3 Å². The normalized spacial score (nSPS) is 15.1. The Bertz CT molecular complexity index is 1310. The zero-order chi connectivity index (χ0) is 23.7. The maximum Gasteiger partial charge on any atom is 0.268 e. The van der Waals surface area contributed by atoms with Crippen LogP contribution in [0.3, 0.4) is 0 Å². The number of ether oxygens (including phenoxy) is 1. The number of aliphatic hydroxyl groups excluding tert-OH is 1. The number of aromatic nitrogens is 5. The Labute approximate surface area is 198 Å². The van der Waals surface area contributed by atoms with E-state index in [2.05, 4.69) is 25.4 Å². The van der Waals surface area contributed by atoms with E-state index in [-0.39, 0.29) is 28.8 Å². The summed E-state index contributed by atoms with van der Waals surface area (Å²) in [6.07, 6.45) is 2.89. The van der Waals surface area contributed by atoms with Gasteiger partial charge in [-0.05, 0) is 24.3 Å². The number of pyridine rings is 1. The van der Waals surface area contributed by atoms with Gasteiger partial charge in [0, 0.05) is 32.0 Å². The lowest BCUT2D eigenvalue weighted by atomic mass is 10.1. The standard InChI is InChI=1S/C22H19ClFN7O3/c23-15-4-3-5-16(24)19(15)31-10-14-20(29-31)26-12-27-22(14)34-17(11-30-8-13(32)9-30)21(33)28-18-6-1-2-7-25-18/h1-7,10,12-13,17,32H,8-9,11H2,(H,25,28,33)/t17-/m0/s1. The number of amides is 1. The van der Waals surface area contributed by atoms with Gasteiger partial charge in [-0.2, -0.15) is 0 Å². The van der Waals surface area contributed by atoms with E-state index in [1.54, 1.807) is 30.5 Å². The second-order valence-electron chi connectivity index (χ2n) is 7.74. The third-order valence-electron chi connectivity index (χ3n) is 5.27. The van der Waals surface area contributed by atoms with Crippen molar-refractivity contribution in [3.63, 3.8) is 0 Å². The highest BCUT2D eigenvalue weighted by Crippen LogP contribution is 2.28. The molecule has 174 valence electrons. The second-order valence-corrected chi connectivity index (χ2v) is 8.15. The van der Waals surface area contributed by atoms with Crippen LogP contribution in [-0.4, -0.2) is 72.5 Å². The van der Waals surface area contributed by atoms with Gasteiger partial charge in [0.2, 0.25) is 5.88 Å². The molecule has 1 aromatic carbocycles. The Kier molecular flexibility index (Phi) is 6.05. The number of anilines is 1. The number of hydrogen-bond acceptors (Lipinski definition) is 8. The molecule has 1 fully saturated rings. The number of benzene rings is 1. The van der Waals surface area contributed by atoms with Crippen LogP contribution in [0.1, 0.15) is 0 Å². The van der Waals surface area contributed by atoms with Gasteiger partial charge < -0.3 is 15.2 Å². The summed E-state index contributed by atoms with van der Waals surface area (Å²) in [5.74, 6) is -0.512. The van der Waals surface area contributed by atoms with Crippen molar-refractivity contribution in [2.24, 2.45) is 0 Å². The van der Waals surface area contributed by atoms with Gasteiger partial charge in [0.25, 0.3) is 5.91 Å². The molecule has 0 unspecified atom stereocenters. The number of para-hydroxylation sites is 1. The average molecular weight is 484 g/mol. The molecular weight excluding hydrogens is 465 g/mol. The van der Waals surface area contributed by atoms with E-state index in [4.69, 9.17) is 16.3 Å². The van der Waals surface area contributed by atoms with E-state index in [1.165, 1.54) is 29.3 Å². The van der Waals surface area contributed by atoms with Crippen LogP contribution in [0.2, 0.25) is 5.02 Å². The Morgan fingerprint density at radius 3 is 2.82 bits per heavy atom. The summed E-state index contributed by atoms with van der Waals surface area (Å²) < 4.78 is 21.7. The number of fused-ring (bicyclic) bond motifs is 1. The van der Waals surface area contributed by atoms with Crippen LogP contribution < -0.4 is 10.1 Å². The fraction of sp³-hybridized carbons (Fsp3) is 0.227. The summed E-state index contributed by atoms with van der Waals surface area (Å²) in [7, 11) is 0. The maximum absolute atomic E-state index is 14.4. The number of carbonyl (C=O) groups excluding carboxylic acids is 1. The minimum absolute atomic E-state index is 0.0622. The molecule has 5 rings (SSSR count). The van der Waals surface area contributed by atoms with Gasteiger partial charge in [0.15, 0.2) is 11.8 Å². The first-order valence-corrected chi connectivity index (χ1v) is 10.8. The number of halogens is 2. The van der Waals surface area contributed by atoms with Gasteiger partial charge in [-0.25, -0.2) is 24.0 Å². The molecule has 0 bridgehead atoms. The second kappa shape index (κ2) is 9.29. The fourth-order valence-corrected chi connectivity index (χ4v) is 3.86. The van der Waals surface area contributed by atoms with Crippen LogP contribution in [0.25, 0.3) is 16.7 Å². The van der Waals surface area contributed by atoms with Gasteiger partial charge in [0.1, 0.15) is 29.0 Å². The molecule has 0 spiro atoms. The highest BCUT2D eigenvalue weighted by atomic mass is 35.5. The SMILES string of the molecule is O=C(Nc1ccccn1)[C@H](CN1CC(O)C1)Oc1ncnc2nn(-c3c(F)cccc3Cl)cc12. The molecule has 1 atom stereocenters. The first-order valence-electron chi connectivity index (χ1n) is 10.4. The van der Waals surface area contributed by atoms with Gasteiger partial charge in [-0.3, -0.25) is 9.69 Å². The molecule has 12 heteroatoms. The van der Waals surface area contributed by atoms with Gasteiger partial charge in [-0.15, -0.1) is 5.10 Å². The van der Waals surface area contributed by atoms with E-state index >= 15 is 0 Å². The van der Waals surface area contributed by atoms with Gasteiger partial charge >= 0.3 is 0 Å². The Morgan fingerprint density at radius 1 is 1.24 bits per heavy atom. The largest absolute Gasteiger partial charge is 0.462 e. The first kappa shape index (κ1) is 22.1. The lowest BCUT2D eigenvalue weighted by Gasteiger charge is -2.37. The maximum atomic E-state index is 14.4. The Balaban J connectivity index is 1.45. The third-order valence-corrected chi connectivity index (χ3v) is 5.58. The molecule has 1 saturated heterocycles. The molecule has 4 heterocycles. The molecule has 1 aliphatic rings. The minimum atomic E-state index is -0.979. The van der Waals surface area contributed by atoms with E-state index in [0.717, 1.165) is 0 Å². The highest BCUT2D eigenvalue weighted by Gasteiger charge is 2.32. The van der Waals surface area contributed by atoms with Crippen LogP contribution >= 0.6 is 11.6 Å². The summed E-state index contributed by atoms with van der Waals surface area (Å²) in [6.45, 7) is 1.08. The Hall–Kier alpha value is -3.67. The van der Waals surface area contributed by atoms with Gasteiger partial charge in [0.05, 0.1) is 11.1 Å². The molecule has 0 aliphatic carbocycles. The first-order chi connectivity index (χ1) is 16.5. The van der Waals surface area contributed by atoms with Crippen molar-refractivity contribution in [1.29, 1.82) is 0 Å². The number of likely N-dealkylation sites (tertiary alicyclic amines) is 1. The van der Waals surface area contributed by atoms with Crippen LogP contribution in [-0.2, 0) is 4.79 Å². The van der Waals surface area contributed by atoms with E-state index in [1.807, 2.05) is 4.90 Å². The number of aliphatic hydroxyl groups is 1. The topological polar surface area (TPSA) is 118 Å².